The fourth-order valence-corrected chi connectivity index (χ4v) is 3.48. The SMILES string of the molecule is CSC1CCC(Nc2ccc(Br)cc2C(=O)O)C1. The van der Waals surface area contributed by atoms with E-state index in [2.05, 4.69) is 27.5 Å². The fourth-order valence-electron chi connectivity index (χ4n) is 2.32. The van der Waals surface area contributed by atoms with Crippen LogP contribution in [0.1, 0.15) is 29.6 Å². The summed E-state index contributed by atoms with van der Waals surface area (Å²) in [5, 5.41) is 13.3. The molecule has 1 aliphatic carbocycles. The number of carboxylic acid groups (broad SMARTS) is 1. The summed E-state index contributed by atoms with van der Waals surface area (Å²) < 4.78 is 0.791. The van der Waals surface area contributed by atoms with Crippen molar-refractivity contribution in [1.82, 2.24) is 0 Å². The van der Waals surface area contributed by atoms with Crippen molar-refractivity contribution in [3.05, 3.63) is 28.2 Å². The largest absolute Gasteiger partial charge is 0.478 e. The van der Waals surface area contributed by atoms with Crippen LogP contribution in [0.4, 0.5) is 5.69 Å². The molecule has 0 heterocycles. The first kappa shape index (κ1) is 13.7. The first-order valence-corrected chi connectivity index (χ1v) is 8.00. The van der Waals surface area contributed by atoms with Crippen molar-refractivity contribution in [2.24, 2.45) is 0 Å². The van der Waals surface area contributed by atoms with E-state index in [1.165, 1.54) is 6.42 Å². The van der Waals surface area contributed by atoms with Gasteiger partial charge in [0.05, 0.1) is 5.56 Å². The second-order valence-electron chi connectivity index (χ2n) is 4.51. The van der Waals surface area contributed by atoms with Gasteiger partial charge in [-0.1, -0.05) is 15.9 Å². The second kappa shape index (κ2) is 5.97. The van der Waals surface area contributed by atoms with E-state index in [1.54, 1.807) is 6.07 Å². The molecule has 2 atom stereocenters. The van der Waals surface area contributed by atoms with Crippen LogP contribution in [-0.2, 0) is 0 Å². The van der Waals surface area contributed by atoms with E-state index in [-0.39, 0.29) is 0 Å². The van der Waals surface area contributed by atoms with Crippen molar-refractivity contribution < 1.29 is 9.90 Å². The Morgan fingerprint density at radius 2 is 2.28 bits per heavy atom. The normalized spacial score (nSPS) is 23.0. The Morgan fingerprint density at radius 1 is 1.50 bits per heavy atom. The molecule has 1 aromatic carbocycles. The molecule has 0 aliphatic heterocycles. The van der Waals surface area contributed by atoms with Crippen LogP contribution in [-0.4, -0.2) is 28.6 Å². The number of benzene rings is 1. The van der Waals surface area contributed by atoms with E-state index in [9.17, 15) is 9.90 Å². The van der Waals surface area contributed by atoms with Gasteiger partial charge in [0.2, 0.25) is 0 Å². The molecule has 2 rings (SSSR count). The fraction of sp³-hybridized carbons (Fsp3) is 0.462. The van der Waals surface area contributed by atoms with Gasteiger partial charge in [-0.05, 0) is 43.7 Å². The maximum Gasteiger partial charge on any atom is 0.337 e. The molecule has 2 unspecified atom stereocenters. The molecule has 1 aromatic rings. The Bertz CT molecular complexity index is 453. The highest BCUT2D eigenvalue weighted by Gasteiger charge is 2.24. The first-order chi connectivity index (χ1) is 8.60. The van der Waals surface area contributed by atoms with Crippen molar-refractivity contribution >= 4 is 39.3 Å². The highest BCUT2D eigenvalue weighted by atomic mass is 79.9. The monoisotopic (exact) mass is 329 g/mol. The number of hydrogen-bond acceptors (Lipinski definition) is 3. The molecule has 0 aromatic heterocycles. The van der Waals surface area contributed by atoms with Crippen LogP contribution < -0.4 is 5.32 Å². The van der Waals surface area contributed by atoms with Gasteiger partial charge in [-0.15, -0.1) is 0 Å². The quantitative estimate of drug-likeness (QED) is 0.881. The molecule has 5 heteroatoms. The third-order valence-electron chi connectivity index (χ3n) is 3.29. The van der Waals surface area contributed by atoms with Crippen molar-refractivity contribution in [2.75, 3.05) is 11.6 Å². The molecule has 1 aliphatic rings. The summed E-state index contributed by atoms with van der Waals surface area (Å²) in [6.07, 6.45) is 5.56. The Hall–Kier alpha value is -0.680. The molecule has 1 fully saturated rings. The number of anilines is 1. The molecule has 0 bridgehead atoms. The molecular weight excluding hydrogens is 314 g/mol. The van der Waals surface area contributed by atoms with Gasteiger partial charge in [-0.2, -0.15) is 11.8 Å². The molecule has 3 nitrogen and oxygen atoms in total. The van der Waals surface area contributed by atoms with Gasteiger partial charge < -0.3 is 10.4 Å². The molecule has 98 valence electrons. The van der Waals surface area contributed by atoms with E-state index in [1.807, 2.05) is 23.9 Å². The average Bonchev–Trinajstić information content (AvgIpc) is 2.79. The predicted octanol–water partition coefficient (Wildman–Crippen LogP) is 3.84. The van der Waals surface area contributed by atoms with Crippen LogP contribution in [0.5, 0.6) is 0 Å². The zero-order chi connectivity index (χ0) is 13.1. The minimum atomic E-state index is -0.891. The van der Waals surface area contributed by atoms with Crippen LogP contribution in [0, 0.1) is 0 Å². The Morgan fingerprint density at radius 3 is 2.89 bits per heavy atom. The molecule has 18 heavy (non-hydrogen) atoms. The van der Waals surface area contributed by atoms with Gasteiger partial charge in [0.15, 0.2) is 0 Å². The van der Waals surface area contributed by atoms with E-state index in [4.69, 9.17) is 0 Å². The maximum atomic E-state index is 11.2. The number of aromatic carboxylic acids is 1. The molecule has 0 saturated heterocycles. The number of halogens is 1. The zero-order valence-electron chi connectivity index (χ0n) is 10.1. The number of nitrogens with one attached hydrogen (secondary N) is 1. The summed E-state index contributed by atoms with van der Waals surface area (Å²) in [4.78, 5) is 11.2. The molecular formula is C13H16BrNO2S. The number of hydrogen-bond donors (Lipinski definition) is 2. The van der Waals surface area contributed by atoms with E-state index >= 15 is 0 Å². The van der Waals surface area contributed by atoms with Crippen molar-refractivity contribution in [3.8, 4) is 0 Å². The highest BCUT2D eigenvalue weighted by molar-refractivity contribution is 9.10. The van der Waals surface area contributed by atoms with E-state index in [0.717, 1.165) is 23.0 Å². The van der Waals surface area contributed by atoms with Gasteiger partial charge in [0.25, 0.3) is 0 Å². The van der Waals surface area contributed by atoms with Crippen molar-refractivity contribution in [3.63, 3.8) is 0 Å². The summed E-state index contributed by atoms with van der Waals surface area (Å²) in [5.74, 6) is -0.891. The number of carboxylic acids is 1. The first-order valence-electron chi connectivity index (χ1n) is 5.92. The van der Waals surface area contributed by atoms with Gasteiger partial charge in [-0.25, -0.2) is 4.79 Å². The molecule has 0 amide bonds. The lowest BCUT2D eigenvalue weighted by Gasteiger charge is -2.16. The molecule has 0 spiro atoms. The second-order valence-corrected chi connectivity index (χ2v) is 6.56. The summed E-state index contributed by atoms with van der Waals surface area (Å²) >= 11 is 5.20. The Balaban J connectivity index is 2.12. The lowest BCUT2D eigenvalue weighted by Crippen LogP contribution is -2.18. The van der Waals surface area contributed by atoms with Crippen LogP contribution >= 0.6 is 27.7 Å². The lowest BCUT2D eigenvalue weighted by atomic mass is 10.1. The number of thioether (sulfide) groups is 1. The van der Waals surface area contributed by atoms with Crippen LogP contribution in [0.3, 0.4) is 0 Å². The maximum absolute atomic E-state index is 11.2. The predicted molar refractivity (Wildman–Crippen MR) is 79.7 cm³/mol. The topological polar surface area (TPSA) is 49.3 Å². The molecule has 2 N–H and O–H groups in total. The van der Waals surface area contributed by atoms with Crippen LogP contribution in [0.2, 0.25) is 0 Å². The minimum Gasteiger partial charge on any atom is -0.478 e. The van der Waals surface area contributed by atoms with Crippen LogP contribution in [0.25, 0.3) is 0 Å². The van der Waals surface area contributed by atoms with E-state index < -0.39 is 5.97 Å². The summed E-state index contributed by atoms with van der Waals surface area (Å²) in [6, 6.07) is 5.74. The third-order valence-corrected chi connectivity index (χ3v) is 4.88. The summed E-state index contributed by atoms with van der Waals surface area (Å²) in [5.41, 5.74) is 1.05. The lowest BCUT2D eigenvalue weighted by molar-refractivity contribution is 0.0698. The van der Waals surface area contributed by atoms with Crippen LogP contribution in [0.15, 0.2) is 22.7 Å². The summed E-state index contributed by atoms with van der Waals surface area (Å²) in [6.45, 7) is 0. The zero-order valence-corrected chi connectivity index (χ0v) is 12.6. The van der Waals surface area contributed by atoms with Crippen molar-refractivity contribution in [1.29, 1.82) is 0 Å². The smallest absolute Gasteiger partial charge is 0.337 e. The standard InChI is InChI=1S/C13H16BrNO2S/c1-18-10-4-3-9(7-10)15-12-5-2-8(14)6-11(12)13(16)17/h2,5-6,9-10,15H,3-4,7H2,1H3,(H,16,17). The summed E-state index contributed by atoms with van der Waals surface area (Å²) in [7, 11) is 0. The Kier molecular flexibility index (Phi) is 4.56. The number of rotatable bonds is 4. The van der Waals surface area contributed by atoms with Gasteiger partial charge in [-0.3, -0.25) is 0 Å². The number of carbonyl (C=O) groups is 1. The molecule has 0 radical (unpaired) electrons. The van der Waals surface area contributed by atoms with Gasteiger partial charge in [0.1, 0.15) is 0 Å². The van der Waals surface area contributed by atoms with E-state index in [0.29, 0.717) is 16.9 Å². The average molecular weight is 330 g/mol. The third kappa shape index (κ3) is 3.20. The van der Waals surface area contributed by atoms with Gasteiger partial charge >= 0.3 is 5.97 Å². The highest BCUT2D eigenvalue weighted by Crippen LogP contribution is 2.31. The van der Waals surface area contributed by atoms with Crippen molar-refractivity contribution in [2.45, 2.75) is 30.6 Å². The minimum absolute atomic E-state index is 0.331. The molecule has 1 saturated carbocycles. The Labute approximate surface area is 119 Å². The van der Waals surface area contributed by atoms with Gasteiger partial charge in [0, 0.05) is 21.5 Å².